The zero-order chi connectivity index (χ0) is 16.1. The van der Waals surface area contributed by atoms with Gasteiger partial charge >= 0.3 is 0 Å². The zero-order valence-corrected chi connectivity index (χ0v) is 13.5. The van der Waals surface area contributed by atoms with E-state index in [-0.39, 0.29) is 5.91 Å². The molecule has 4 nitrogen and oxygen atoms in total. The van der Waals surface area contributed by atoms with Gasteiger partial charge in [0.05, 0.1) is 13.2 Å². The average Bonchev–Trinajstić information content (AvgIpc) is 3.24. The van der Waals surface area contributed by atoms with Crippen LogP contribution in [-0.4, -0.2) is 30.5 Å². The van der Waals surface area contributed by atoms with Crippen LogP contribution in [0.2, 0.25) is 0 Å². The second-order valence-electron chi connectivity index (χ2n) is 6.03. The predicted molar refractivity (Wildman–Crippen MR) is 88.2 cm³/mol. The van der Waals surface area contributed by atoms with E-state index in [1.165, 1.54) is 5.56 Å². The highest BCUT2D eigenvalue weighted by Gasteiger charge is 2.28. The summed E-state index contributed by atoms with van der Waals surface area (Å²) in [5, 5.41) is 0. The fourth-order valence-electron chi connectivity index (χ4n) is 2.91. The zero-order valence-electron chi connectivity index (χ0n) is 13.5. The molecule has 122 valence electrons. The fourth-order valence-corrected chi connectivity index (χ4v) is 2.91. The third-order valence-electron chi connectivity index (χ3n) is 4.26. The number of aryl methyl sites for hydroxylation is 1. The molecule has 1 aliphatic rings. The van der Waals surface area contributed by atoms with E-state index >= 15 is 0 Å². The van der Waals surface area contributed by atoms with Crippen LogP contribution in [0.25, 0.3) is 0 Å². The predicted octanol–water partition coefficient (Wildman–Crippen LogP) is 3.52. The van der Waals surface area contributed by atoms with Crippen LogP contribution in [-0.2, 0) is 17.8 Å². The van der Waals surface area contributed by atoms with E-state index in [1.807, 2.05) is 36.1 Å². The smallest absolute Gasteiger partial charge is 0.289 e. The standard InChI is InChI=1S/C19H23NO3/c1-2-17-8-9-18(23-17)19(21)20-11-10-16(12-20)14-22-13-15-6-4-3-5-7-15/h3-9,16H,2,10-14H2,1H3. The summed E-state index contributed by atoms with van der Waals surface area (Å²) in [6.45, 7) is 4.86. The lowest BCUT2D eigenvalue weighted by Gasteiger charge is -2.15. The first-order chi connectivity index (χ1) is 11.3. The molecule has 0 spiro atoms. The van der Waals surface area contributed by atoms with E-state index in [0.29, 0.717) is 24.9 Å². The molecule has 1 aromatic heterocycles. The number of carbonyl (C=O) groups excluding carboxylic acids is 1. The lowest BCUT2D eigenvalue weighted by Crippen LogP contribution is -2.29. The maximum Gasteiger partial charge on any atom is 0.289 e. The van der Waals surface area contributed by atoms with Crippen LogP contribution in [0.5, 0.6) is 0 Å². The molecule has 0 saturated carbocycles. The second-order valence-corrected chi connectivity index (χ2v) is 6.03. The second kappa shape index (κ2) is 7.47. The van der Waals surface area contributed by atoms with Gasteiger partial charge in [-0.25, -0.2) is 0 Å². The number of furan rings is 1. The highest BCUT2D eigenvalue weighted by Crippen LogP contribution is 2.20. The minimum Gasteiger partial charge on any atom is -0.456 e. The molecule has 3 rings (SSSR count). The van der Waals surface area contributed by atoms with Crippen LogP contribution in [0, 0.1) is 5.92 Å². The van der Waals surface area contributed by atoms with Gasteiger partial charge in [-0.05, 0) is 24.1 Å². The van der Waals surface area contributed by atoms with Crippen molar-refractivity contribution in [1.82, 2.24) is 4.90 Å². The summed E-state index contributed by atoms with van der Waals surface area (Å²) in [7, 11) is 0. The van der Waals surface area contributed by atoms with E-state index in [1.54, 1.807) is 6.07 Å². The maximum absolute atomic E-state index is 12.4. The Kier molecular flexibility index (Phi) is 5.13. The molecule has 2 aromatic rings. The number of nitrogens with zero attached hydrogens (tertiary/aromatic N) is 1. The Balaban J connectivity index is 1.45. The Morgan fingerprint density at radius 1 is 1.26 bits per heavy atom. The summed E-state index contributed by atoms with van der Waals surface area (Å²) >= 11 is 0. The third-order valence-corrected chi connectivity index (χ3v) is 4.26. The molecule has 0 bridgehead atoms. The van der Waals surface area contributed by atoms with Crippen LogP contribution in [0.1, 0.15) is 35.2 Å². The fraction of sp³-hybridized carbons (Fsp3) is 0.421. The van der Waals surface area contributed by atoms with E-state index in [0.717, 1.165) is 31.7 Å². The number of hydrogen-bond donors (Lipinski definition) is 0. The van der Waals surface area contributed by atoms with Crippen molar-refractivity contribution < 1.29 is 13.9 Å². The van der Waals surface area contributed by atoms with Crippen molar-refractivity contribution in [3.8, 4) is 0 Å². The molecular formula is C19H23NO3. The van der Waals surface area contributed by atoms with Gasteiger partial charge in [-0.3, -0.25) is 4.79 Å². The molecule has 1 fully saturated rings. The van der Waals surface area contributed by atoms with Gasteiger partial charge in [-0.2, -0.15) is 0 Å². The largest absolute Gasteiger partial charge is 0.456 e. The van der Waals surface area contributed by atoms with Gasteiger partial charge in [0.2, 0.25) is 0 Å². The Hall–Kier alpha value is -2.07. The van der Waals surface area contributed by atoms with Crippen molar-refractivity contribution in [2.75, 3.05) is 19.7 Å². The number of amides is 1. The highest BCUT2D eigenvalue weighted by molar-refractivity contribution is 5.91. The quantitative estimate of drug-likeness (QED) is 0.819. The molecule has 23 heavy (non-hydrogen) atoms. The lowest BCUT2D eigenvalue weighted by molar-refractivity contribution is 0.0706. The van der Waals surface area contributed by atoms with E-state index in [2.05, 4.69) is 12.1 Å². The first kappa shape index (κ1) is 15.8. The normalized spacial score (nSPS) is 17.6. The Morgan fingerprint density at radius 3 is 2.83 bits per heavy atom. The highest BCUT2D eigenvalue weighted by atomic mass is 16.5. The van der Waals surface area contributed by atoms with Gasteiger partial charge in [-0.1, -0.05) is 37.3 Å². The van der Waals surface area contributed by atoms with Gasteiger partial charge in [-0.15, -0.1) is 0 Å². The summed E-state index contributed by atoms with van der Waals surface area (Å²) < 4.78 is 11.4. The molecule has 4 heteroatoms. The van der Waals surface area contributed by atoms with Gasteiger partial charge in [0.25, 0.3) is 5.91 Å². The first-order valence-corrected chi connectivity index (χ1v) is 8.26. The number of benzene rings is 1. The van der Waals surface area contributed by atoms with E-state index in [9.17, 15) is 4.79 Å². The minimum absolute atomic E-state index is 0.00439. The monoisotopic (exact) mass is 313 g/mol. The molecule has 1 atom stereocenters. The van der Waals surface area contributed by atoms with Crippen molar-refractivity contribution in [3.63, 3.8) is 0 Å². The number of rotatable bonds is 6. The van der Waals surface area contributed by atoms with Gasteiger partial charge < -0.3 is 14.1 Å². The molecule has 0 N–H and O–H groups in total. The molecular weight excluding hydrogens is 290 g/mol. The summed E-state index contributed by atoms with van der Waals surface area (Å²) in [4.78, 5) is 14.3. The van der Waals surface area contributed by atoms with Crippen molar-refractivity contribution in [2.45, 2.75) is 26.4 Å². The average molecular weight is 313 g/mol. The summed E-state index contributed by atoms with van der Waals surface area (Å²) in [6, 6.07) is 13.8. The first-order valence-electron chi connectivity index (χ1n) is 8.26. The lowest BCUT2D eigenvalue weighted by atomic mass is 10.1. The molecule has 1 amide bonds. The molecule has 1 aliphatic heterocycles. The molecule has 1 saturated heterocycles. The number of ether oxygens (including phenoxy) is 1. The number of carbonyl (C=O) groups is 1. The van der Waals surface area contributed by atoms with Crippen LogP contribution < -0.4 is 0 Å². The van der Waals surface area contributed by atoms with Gasteiger partial charge in [0.15, 0.2) is 5.76 Å². The molecule has 0 radical (unpaired) electrons. The maximum atomic E-state index is 12.4. The van der Waals surface area contributed by atoms with Crippen molar-refractivity contribution in [1.29, 1.82) is 0 Å². The Labute approximate surface area is 137 Å². The topological polar surface area (TPSA) is 42.7 Å². The molecule has 1 unspecified atom stereocenters. The van der Waals surface area contributed by atoms with Crippen LogP contribution >= 0.6 is 0 Å². The minimum atomic E-state index is -0.00439. The third kappa shape index (κ3) is 4.02. The van der Waals surface area contributed by atoms with Crippen LogP contribution in [0.15, 0.2) is 46.9 Å². The van der Waals surface area contributed by atoms with E-state index < -0.39 is 0 Å². The van der Waals surface area contributed by atoms with E-state index in [4.69, 9.17) is 9.15 Å². The van der Waals surface area contributed by atoms with Crippen LogP contribution in [0.4, 0.5) is 0 Å². The molecule has 1 aromatic carbocycles. The van der Waals surface area contributed by atoms with Gasteiger partial charge in [0.1, 0.15) is 5.76 Å². The van der Waals surface area contributed by atoms with Crippen molar-refractivity contribution in [3.05, 3.63) is 59.5 Å². The van der Waals surface area contributed by atoms with Crippen molar-refractivity contribution >= 4 is 5.91 Å². The molecule has 0 aliphatic carbocycles. The Bertz CT molecular complexity index is 635. The van der Waals surface area contributed by atoms with Gasteiger partial charge in [0, 0.05) is 25.4 Å². The molecule has 2 heterocycles. The Morgan fingerprint density at radius 2 is 2.09 bits per heavy atom. The summed E-state index contributed by atoms with van der Waals surface area (Å²) in [6.07, 6.45) is 1.80. The summed E-state index contributed by atoms with van der Waals surface area (Å²) in [5.41, 5.74) is 1.18. The number of likely N-dealkylation sites (tertiary alicyclic amines) is 1. The summed E-state index contributed by atoms with van der Waals surface area (Å²) in [5.74, 6) is 1.71. The van der Waals surface area contributed by atoms with Crippen LogP contribution in [0.3, 0.4) is 0 Å². The van der Waals surface area contributed by atoms with Crippen molar-refractivity contribution in [2.24, 2.45) is 5.92 Å². The SMILES string of the molecule is CCc1ccc(C(=O)N2CCC(COCc3ccccc3)C2)o1. The number of hydrogen-bond acceptors (Lipinski definition) is 3.